The van der Waals surface area contributed by atoms with E-state index in [4.69, 9.17) is 23.2 Å². The fourth-order valence-corrected chi connectivity index (χ4v) is 3.90. The third kappa shape index (κ3) is 8.35. The van der Waals surface area contributed by atoms with Crippen LogP contribution in [0.3, 0.4) is 0 Å². The van der Waals surface area contributed by atoms with Gasteiger partial charge in [0, 0.05) is 29.6 Å². The van der Waals surface area contributed by atoms with Crippen molar-refractivity contribution in [1.29, 1.82) is 0 Å². The topological polar surface area (TPSA) is 49.4 Å². The first-order valence-corrected chi connectivity index (χ1v) is 12.2. The van der Waals surface area contributed by atoms with Crippen molar-refractivity contribution in [2.45, 2.75) is 72.4 Å². The van der Waals surface area contributed by atoms with Crippen LogP contribution in [0.1, 0.15) is 64.7 Å². The van der Waals surface area contributed by atoms with Crippen LogP contribution in [-0.4, -0.2) is 29.3 Å². The predicted octanol–water partition coefficient (Wildman–Crippen LogP) is 6.41. The van der Waals surface area contributed by atoms with Crippen LogP contribution in [0.4, 0.5) is 0 Å². The Morgan fingerprint density at radius 2 is 1.64 bits per heavy atom. The Morgan fingerprint density at radius 3 is 2.18 bits per heavy atom. The lowest BCUT2D eigenvalue weighted by molar-refractivity contribution is -0.140. The number of hydrogen-bond acceptors (Lipinski definition) is 2. The molecule has 0 fully saturated rings. The number of carbonyl (C=O) groups is 2. The fraction of sp³-hybridized carbons (Fsp3) is 0.481. The molecule has 0 spiro atoms. The van der Waals surface area contributed by atoms with Crippen molar-refractivity contribution < 1.29 is 9.59 Å². The van der Waals surface area contributed by atoms with Crippen LogP contribution in [-0.2, 0) is 28.0 Å². The zero-order valence-corrected chi connectivity index (χ0v) is 22.1. The Morgan fingerprint density at radius 1 is 1.00 bits per heavy atom. The lowest BCUT2D eigenvalue weighted by atomic mass is 9.86. The maximum atomic E-state index is 13.3. The third-order valence-corrected chi connectivity index (χ3v) is 6.24. The van der Waals surface area contributed by atoms with Crippen LogP contribution in [0.2, 0.25) is 10.0 Å². The second-order valence-corrected chi connectivity index (χ2v) is 10.9. The quantitative estimate of drug-likeness (QED) is 0.441. The molecule has 1 unspecified atom stereocenters. The van der Waals surface area contributed by atoms with Gasteiger partial charge >= 0.3 is 0 Å². The van der Waals surface area contributed by atoms with E-state index in [-0.39, 0.29) is 23.8 Å². The molecule has 0 saturated heterocycles. The predicted molar refractivity (Wildman–Crippen MR) is 138 cm³/mol. The van der Waals surface area contributed by atoms with Crippen molar-refractivity contribution in [2.24, 2.45) is 5.92 Å². The number of halogens is 2. The molecule has 4 nitrogen and oxygen atoms in total. The Balaban J connectivity index is 2.16. The van der Waals surface area contributed by atoms with Crippen molar-refractivity contribution in [3.05, 3.63) is 69.2 Å². The van der Waals surface area contributed by atoms with Crippen LogP contribution in [0.15, 0.2) is 42.5 Å². The average Bonchev–Trinajstić information content (AvgIpc) is 2.74. The molecule has 0 aromatic heterocycles. The maximum absolute atomic E-state index is 13.3. The van der Waals surface area contributed by atoms with E-state index in [9.17, 15) is 9.59 Å². The summed E-state index contributed by atoms with van der Waals surface area (Å²) in [4.78, 5) is 27.7. The monoisotopic (exact) mass is 490 g/mol. The summed E-state index contributed by atoms with van der Waals surface area (Å²) in [7, 11) is 0. The third-order valence-electron chi connectivity index (χ3n) is 5.66. The van der Waals surface area contributed by atoms with Crippen LogP contribution in [0.5, 0.6) is 0 Å². The molecule has 1 atom stereocenters. The van der Waals surface area contributed by atoms with E-state index in [0.29, 0.717) is 35.3 Å². The van der Waals surface area contributed by atoms with Gasteiger partial charge in [0.25, 0.3) is 0 Å². The van der Waals surface area contributed by atoms with Crippen LogP contribution < -0.4 is 5.32 Å². The number of benzene rings is 2. The normalized spacial score (nSPS) is 12.5. The second-order valence-electron chi connectivity index (χ2n) is 10.0. The molecule has 2 amide bonds. The molecule has 2 aromatic carbocycles. The molecule has 0 aliphatic rings. The summed E-state index contributed by atoms with van der Waals surface area (Å²) < 4.78 is 0. The van der Waals surface area contributed by atoms with E-state index < -0.39 is 6.04 Å². The molecular weight excluding hydrogens is 455 g/mol. The summed E-state index contributed by atoms with van der Waals surface area (Å²) in [5, 5.41) is 3.94. The molecule has 6 heteroatoms. The first-order valence-electron chi connectivity index (χ1n) is 11.5. The van der Waals surface area contributed by atoms with E-state index in [2.05, 4.69) is 50.4 Å². The summed E-state index contributed by atoms with van der Waals surface area (Å²) in [6.07, 6.45) is 0.913. The largest absolute Gasteiger partial charge is 0.354 e. The Kier molecular flexibility index (Phi) is 9.81. The molecule has 2 aromatic rings. The minimum Gasteiger partial charge on any atom is -0.354 e. The molecule has 0 aliphatic heterocycles. The molecule has 0 heterocycles. The van der Waals surface area contributed by atoms with E-state index in [1.54, 1.807) is 30.0 Å². The molecule has 0 radical (unpaired) electrons. The number of hydrogen-bond donors (Lipinski definition) is 1. The minimum absolute atomic E-state index is 0.0851. The number of nitrogens with zero attached hydrogens (tertiary/aromatic N) is 1. The van der Waals surface area contributed by atoms with Gasteiger partial charge in [-0.25, -0.2) is 0 Å². The summed E-state index contributed by atoms with van der Waals surface area (Å²) in [5.41, 5.74) is 3.19. The van der Waals surface area contributed by atoms with Gasteiger partial charge in [-0.2, -0.15) is 0 Å². The summed E-state index contributed by atoms with van der Waals surface area (Å²) in [6.45, 7) is 13.2. The zero-order chi connectivity index (χ0) is 24.8. The number of aryl methyl sites for hydroxylation is 1. The molecular formula is C27H36Cl2N2O2. The van der Waals surface area contributed by atoms with Crippen molar-refractivity contribution in [1.82, 2.24) is 10.2 Å². The van der Waals surface area contributed by atoms with Crippen molar-refractivity contribution in [3.8, 4) is 0 Å². The molecule has 1 N–H and O–H groups in total. The van der Waals surface area contributed by atoms with E-state index in [1.807, 2.05) is 13.8 Å². The van der Waals surface area contributed by atoms with E-state index in [0.717, 1.165) is 11.1 Å². The maximum Gasteiger partial charge on any atom is 0.242 e. The minimum atomic E-state index is -0.619. The fourth-order valence-electron chi connectivity index (χ4n) is 3.43. The van der Waals surface area contributed by atoms with E-state index >= 15 is 0 Å². The van der Waals surface area contributed by atoms with Crippen molar-refractivity contribution in [2.75, 3.05) is 6.54 Å². The zero-order valence-electron chi connectivity index (χ0n) is 20.5. The van der Waals surface area contributed by atoms with Gasteiger partial charge in [-0.3, -0.25) is 9.59 Å². The van der Waals surface area contributed by atoms with Gasteiger partial charge in [0.1, 0.15) is 6.04 Å². The van der Waals surface area contributed by atoms with Crippen LogP contribution >= 0.6 is 23.2 Å². The van der Waals surface area contributed by atoms with Gasteiger partial charge in [-0.05, 0) is 53.5 Å². The van der Waals surface area contributed by atoms with Gasteiger partial charge in [-0.15, -0.1) is 0 Å². The Bertz CT molecular complexity index is 950. The highest BCUT2D eigenvalue weighted by atomic mass is 35.5. The van der Waals surface area contributed by atoms with Gasteiger partial charge in [0.05, 0.1) is 0 Å². The average molecular weight is 492 g/mol. The summed E-state index contributed by atoms with van der Waals surface area (Å²) in [6, 6.07) is 13.0. The molecule has 2 rings (SSSR count). The summed E-state index contributed by atoms with van der Waals surface area (Å²) in [5.74, 6) is 0.0665. The van der Waals surface area contributed by atoms with Gasteiger partial charge in [0.2, 0.25) is 11.8 Å². The standard InChI is InChI=1S/C27H36Cl2N2O2/c1-18(2)16-30-26(33)19(3)31(17-21-10-13-23(28)15-24(21)29)25(32)14-9-20-7-11-22(12-8-20)27(4,5)6/h7-8,10-13,15,18-19H,9,14,16-17H2,1-6H3,(H,30,33). The molecule has 33 heavy (non-hydrogen) atoms. The van der Waals surface area contributed by atoms with Gasteiger partial charge < -0.3 is 10.2 Å². The number of amides is 2. The highest BCUT2D eigenvalue weighted by molar-refractivity contribution is 6.35. The number of carbonyl (C=O) groups excluding carboxylic acids is 2. The number of rotatable bonds is 9. The highest BCUT2D eigenvalue weighted by Gasteiger charge is 2.26. The Labute approximate surface area is 208 Å². The molecule has 0 aliphatic carbocycles. The first-order chi connectivity index (χ1) is 15.4. The second kappa shape index (κ2) is 11.9. The van der Waals surface area contributed by atoms with Crippen LogP contribution in [0, 0.1) is 5.92 Å². The first kappa shape index (κ1) is 27.2. The molecule has 0 bridgehead atoms. The smallest absolute Gasteiger partial charge is 0.242 e. The lowest BCUT2D eigenvalue weighted by Crippen LogP contribution is -2.48. The summed E-state index contributed by atoms with van der Waals surface area (Å²) >= 11 is 12.4. The van der Waals surface area contributed by atoms with Gasteiger partial charge in [-0.1, -0.05) is 88.2 Å². The van der Waals surface area contributed by atoms with Crippen LogP contribution in [0.25, 0.3) is 0 Å². The SMILES string of the molecule is CC(C)CNC(=O)C(C)N(Cc1ccc(Cl)cc1Cl)C(=O)CCc1ccc(C(C)(C)C)cc1. The Hall–Kier alpha value is -2.04. The number of nitrogens with one attached hydrogen (secondary N) is 1. The van der Waals surface area contributed by atoms with Gasteiger partial charge in [0.15, 0.2) is 0 Å². The van der Waals surface area contributed by atoms with E-state index in [1.165, 1.54) is 5.56 Å². The lowest BCUT2D eigenvalue weighted by Gasteiger charge is -2.29. The molecule has 180 valence electrons. The highest BCUT2D eigenvalue weighted by Crippen LogP contribution is 2.25. The van der Waals surface area contributed by atoms with Crippen molar-refractivity contribution >= 4 is 35.0 Å². The molecule has 0 saturated carbocycles. The van der Waals surface area contributed by atoms with Crippen molar-refractivity contribution in [3.63, 3.8) is 0 Å².